The maximum absolute atomic E-state index is 13.4. The summed E-state index contributed by atoms with van der Waals surface area (Å²) in [6, 6.07) is 11.8. The predicted octanol–water partition coefficient (Wildman–Crippen LogP) is 3.81. The van der Waals surface area contributed by atoms with Crippen molar-refractivity contribution in [2.24, 2.45) is 0 Å². The minimum Gasteiger partial charge on any atom is -0.480 e. The first-order valence-corrected chi connectivity index (χ1v) is 7.02. The molecule has 0 fully saturated rings. The van der Waals surface area contributed by atoms with E-state index in [1.165, 1.54) is 12.1 Å². The predicted molar refractivity (Wildman–Crippen MR) is 79.2 cm³/mol. The fraction of sp³-hybridized carbons (Fsp3) is 0.188. The number of carbonyl (C=O) groups is 1. The van der Waals surface area contributed by atoms with E-state index in [4.69, 9.17) is 16.3 Å². The van der Waals surface area contributed by atoms with Crippen LogP contribution in [0.1, 0.15) is 12.0 Å². The molecule has 0 radical (unpaired) electrons. The second-order valence-electron chi connectivity index (χ2n) is 4.87. The number of amides is 1. The molecule has 5 heteroatoms. The van der Waals surface area contributed by atoms with E-state index >= 15 is 0 Å². The monoisotopic (exact) mass is 305 g/mol. The number of fused-ring (bicyclic) bond motifs is 1. The van der Waals surface area contributed by atoms with E-state index in [2.05, 4.69) is 5.32 Å². The molecule has 3 nitrogen and oxygen atoms in total. The molecule has 0 aromatic heterocycles. The topological polar surface area (TPSA) is 38.3 Å². The van der Waals surface area contributed by atoms with Gasteiger partial charge in [-0.15, -0.1) is 0 Å². The van der Waals surface area contributed by atoms with Gasteiger partial charge in [-0.3, -0.25) is 4.79 Å². The first-order chi connectivity index (χ1) is 10.1. The zero-order valence-electron chi connectivity index (χ0n) is 11.1. The normalized spacial score (nSPS) is 17.6. The smallest absolute Gasteiger partial charge is 0.265 e. The number of ether oxygens (including phenoxy) is 1. The second kappa shape index (κ2) is 5.74. The molecular formula is C16H13ClFNO2. The Labute approximate surface area is 126 Å². The molecule has 3 rings (SSSR count). The van der Waals surface area contributed by atoms with Crippen LogP contribution in [0, 0.1) is 5.82 Å². The second-order valence-corrected chi connectivity index (χ2v) is 5.27. The summed E-state index contributed by atoms with van der Waals surface area (Å²) in [5.74, 6) is -0.496. The summed E-state index contributed by atoms with van der Waals surface area (Å²) in [5, 5.41) is 2.86. The molecule has 0 saturated carbocycles. The molecule has 0 bridgehead atoms. The van der Waals surface area contributed by atoms with Crippen LogP contribution in [-0.2, 0) is 11.2 Å². The van der Waals surface area contributed by atoms with Crippen LogP contribution in [0.15, 0.2) is 42.5 Å². The van der Waals surface area contributed by atoms with E-state index in [0.717, 1.165) is 17.7 Å². The number of hydrogen-bond donors (Lipinski definition) is 1. The molecule has 1 unspecified atom stereocenters. The molecule has 1 N–H and O–H groups in total. The van der Waals surface area contributed by atoms with Crippen molar-refractivity contribution in [3.8, 4) is 5.75 Å². The van der Waals surface area contributed by atoms with Crippen molar-refractivity contribution in [2.45, 2.75) is 18.9 Å². The molecule has 1 atom stereocenters. The summed E-state index contributed by atoms with van der Waals surface area (Å²) in [5.41, 5.74) is 1.87. The third kappa shape index (κ3) is 3.00. The number of benzene rings is 2. The molecule has 108 valence electrons. The maximum Gasteiger partial charge on any atom is 0.265 e. The first kappa shape index (κ1) is 13.9. The van der Waals surface area contributed by atoms with E-state index in [1.54, 1.807) is 6.07 Å². The number of aryl methyl sites for hydroxylation is 1. The van der Waals surface area contributed by atoms with Gasteiger partial charge in [-0.2, -0.15) is 0 Å². The van der Waals surface area contributed by atoms with Crippen molar-refractivity contribution in [3.63, 3.8) is 0 Å². The standard InChI is InChI=1S/C16H13ClFNO2/c17-12-7-6-11(9-13(12)18)21-15-8-5-10-3-1-2-4-14(10)19-16(15)20/h1-4,6-7,9,15H,5,8H2,(H,19,20). The summed E-state index contributed by atoms with van der Waals surface area (Å²) in [4.78, 5) is 12.2. The number of rotatable bonds is 2. The summed E-state index contributed by atoms with van der Waals surface area (Å²) >= 11 is 5.63. The van der Waals surface area contributed by atoms with Gasteiger partial charge in [0.1, 0.15) is 11.6 Å². The van der Waals surface area contributed by atoms with Gasteiger partial charge in [0.05, 0.1) is 5.02 Å². The molecule has 1 aliphatic rings. The highest BCUT2D eigenvalue weighted by Gasteiger charge is 2.25. The van der Waals surface area contributed by atoms with Gasteiger partial charge in [0, 0.05) is 11.8 Å². The molecule has 21 heavy (non-hydrogen) atoms. The van der Waals surface area contributed by atoms with Gasteiger partial charge >= 0.3 is 0 Å². The number of nitrogens with one attached hydrogen (secondary N) is 1. The number of anilines is 1. The Bertz CT molecular complexity index is 690. The van der Waals surface area contributed by atoms with Gasteiger partial charge in [0.25, 0.3) is 5.91 Å². The molecule has 0 aliphatic carbocycles. The van der Waals surface area contributed by atoms with Crippen molar-refractivity contribution >= 4 is 23.2 Å². The quantitative estimate of drug-likeness (QED) is 0.916. The van der Waals surface area contributed by atoms with Gasteiger partial charge in [-0.25, -0.2) is 4.39 Å². The van der Waals surface area contributed by atoms with Gasteiger partial charge in [-0.05, 0) is 36.6 Å². The number of para-hydroxylation sites is 1. The van der Waals surface area contributed by atoms with Crippen LogP contribution in [-0.4, -0.2) is 12.0 Å². The van der Waals surface area contributed by atoms with Crippen LogP contribution in [0.3, 0.4) is 0 Å². The van der Waals surface area contributed by atoms with Crippen LogP contribution in [0.4, 0.5) is 10.1 Å². The lowest BCUT2D eigenvalue weighted by Gasteiger charge is -2.16. The van der Waals surface area contributed by atoms with Crippen LogP contribution >= 0.6 is 11.6 Å². The third-order valence-corrected chi connectivity index (χ3v) is 3.72. The van der Waals surface area contributed by atoms with Crippen molar-refractivity contribution in [1.82, 2.24) is 0 Å². The van der Waals surface area contributed by atoms with Gasteiger partial charge in [0.2, 0.25) is 0 Å². The van der Waals surface area contributed by atoms with Crippen LogP contribution in [0.2, 0.25) is 5.02 Å². The Morgan fingerprint density at radius 3 is 2.86 bits per heavy atom. The molecule has 1 heterocycles. The van der Waals surface area contributed by atoms with Crippen LogP contribution < -0.4 is 10.1 Å². The zero-order valence-corrected chi connectivity index (χ0v) is 11.9. The van der Waals surface area contributed by atoms with E-state index < -0.39 is 11.9 Å². The minimum atomic E-state index is -0.655. The lowest BCUT2D eigenvalue weighted by Crippen LogP contribution is -2.31. The van der Waals surface area contributed by atoms with E-state index in [0.29, 0.717) is 12.2 Å². The Morgan fingerprint density at radius 2 is 2.05 bits per heavy atom. The van der Waals surface area contributed by atoms with E-state index in [9.17, 15) is 9.18 Å². The average molecular weight is 306 g/mol. The average Bonchev–Trinajstić information content (AvgIpc) is 2.63. The SMILES string of the molecule is O=C1Nc2ccccc2CCC1Oc1ccc(Cl)c(F)c1. The Balaban J connectivity index is 1.78. The Hall–Kier alpha value is -2.07. The molecular weight excluding hydrogens is 293 g/mol. The molecule has 2 aromatic rings. The highest BCUT2D eigenvalue weighted by atomic mass is 35.5. The van der Waals surface area contributed by atoms with Crippen LogP contribution in [0.5, 0.6) is 5.75 Å². The first-order valence-electron chi connectivity index (χ1n) is 6.64. The third-order valence-electron chi connectivity index (χ3n) is 3.41. The van der Waals surface area contributed by atoms with E-state index in [-0.39, 0.29) is 10.9 Å². The summed E-state index contributed by atoms with van der Waals surface area (Å²) in [6.07, 6.45) is 0.598. The summed E-state index contributed by atoms with van der Waals surface area (Å²) in [7, 11) is 0. The van der Waals surface area contributed by atoms with Gasteiger partial charge in [0.15, 0.2) is 6.10 Å². The Kier molecular flexibility index (Phi) is 3.80. The number of halogens is 2. The molecule has 1 amide bonds. The molecule has 2 aromatic carbocycles. The summed E-state index contributed by atoms with van der Waals surface area (Å²) in [6.45, 7) is 0. The van der Waals surface area contributed by atoms with Gasteiger partial charge in [-0.1, -0.05) is 29.8 Å². The van der Waals surface area contributed by atoms with Gasteiger partial charge < -0.3 is 10.1 Å². The lowest BCUT2D eigenvalue weighted by atomic mass is 10.1. The highest BCUT2D eigenvalue weighted by molar-refractivity contribution is 6.30. The number of hydrogen-bond acceptors (Lipinski definition) is 2. The largest absolute Gasteiger partial charge is 0.480 e. The lowest BCUT2D eigenvalue weighted by molar-refractivity contribution is -0.122. The van der Waals surface area contributed by atoms with Crippen molar-refractivity contribution in [3.05, 3.63) is 58.9 Å². The molecule has 0 spiro atoms. The maximum atomic E-state index is 13.4. The summed E-state index contributed by atoms with van der Waals surface area (Å²) < 4.78 is 19.0. The van der Waals surface area contributed by atoms with Crippen molar-refractivity contribution in [2.75, 3.05) is 5.32 Å². The van der Waals surface area contributed by atoms with Crippen molar-refractivity contribution < 1.29 is 13.9 Å². The molecule has 1 aliphatic heterocycles. The molecule has 0 saturated heterocycles. The van der Waals surface area contributed by atoms with E-state index in [1.807, 2.05) is 24.3 Å². The minimum absolute atomic E-state index is 0.0278. The number of carbonyl (C=O) groups excluding carboxylic acids is 1. The van der Waals surface area contributed by atoms with Crippen molar-refractivity contribution in [1.29, 1.82) is 0 Å². The Morgan fingerprint density at radius 1 is 1.24 bits per heavy atom. The zero-order chi connectivity index (χ0) is 14.8. The van der Waals surface area contributed by atoms with Crippen LogP contribution in [0.25, 0.3) is 0 Å². The highest BCUT2D eigenvalue weighted by Crippen LogP contribution is 2.26. The fourth-order valence-corrected chi connectivity index (χ4v) is 2.44. The fourth-order valence-electron chi connectivity index (χ4n) is 2.32.